The van der Waals surface area contributed by atoms with Crippen molar-refractivity contribution in [1.82, 2.24) is 29.1 Å². The molecule has 2 fully saturated rings. The number of nitrogens with zero attached hydrogens (tertiary/aromatic N) is 8. The number of rotatable bonds is 12. The maximum absolute atomic E-state index is 12.8. The Kier molecular flexibility index (Phi) is 10.2. The quantitative estimate of drug-likeness (QED) is 0.153. The summed E-state index contributed by atoms with van der Waals surface area (Å²) in [4.78, 5) is 17.6. The number of aromatic nitrogens is 6. The van der Waals surface area contributed by atoms with Gasteiger partial charge in [-0.3, -0.25) is 0 Å². The van der Waals surface area contributed by atoms with E-state index in [1.54, 1.807) is 21.9 Å². The van der Waals surface area contributed by atoms with E-state index in [9.17, 15) is 4.79 Å². The van der Waals surface area contributed by atoms with E-state index < -0.39 is 5.79 Å². The Morgan fingerprint density at radius 3 is 2.20 bits per heavy atom. The first-order valence-corrected chi connectivity index (χ1v) is 18.2. The minimum atomic E-state index is -0.958. The molecule has 2 aliphatic heterocycles. The summed E-state index contributed by atoms with van der Waals surface area (Å²) in [5.74, 6) is 0.319. The second kappa shape index (κ2) is 14.9. The van der Waals surface area contributed by atoms with Gasteiger partial charge in [0, 0.05) is 55.2 Å². The average Bonchev–Trinajstić information content (AvgIpc) is 3.88. The third kappa shape index (κ3) is 7.27. The van der Waals surface area contributed by atoms with Gasteiger partial charge in [0.25, 0.3) is 0 Å². The van der Waals surface area contributed by atoms with E-state index in [4.69, 9.17) is 25.8 Å². The number of hydrogen-bond donors (Lipinski definition) is 0. The highest BCUT2D eigenvalue weighted by atomic mass is 35.5. The minimum absolute atomic E-state index is 0.0680. The van der Waals surface area contributed by atoms with Crippen LogP contribution in [-0.4, -0.2) is 80.4 Å². The molecule has 0 aliphatic carbocycles. The first-order valence-electron chi connectivity index (χ1n) is 16.9. The van der Waals surface area contributed by atoms with E-state index in [-0.39, 0.29) is 17.8 Å². The fourth-order valence-electron chi connectivity index (χ4n) is 6.18. The Bertz CT molecular complexity index is 1920. The van der Waals surface area contributed by atoms with E-state index in [1.165, 1.54) is 11.8 Å². The van der Waals surface area contributed by atoms with Crippen molar-refractivity contribution >= 4 is 34.7 Å². The van der Waals surface area contributed by atoms with Crippen LogP contribution < -0.4 is 20.2 Å². The summed E-state index contributed by atoms with van der Waals surface area (Å²) in [7, 11) is 1.91. The largest absolute Gasteiger partial charge is 0.491 e. The van der Waals surface area contributed by atoms with Crippen molar-refractivity contribution in [1.29, 1.82) is 0 Å². The van der Waals surface area contributed by atoms with Gasteiger partial charge in [0.2, 0.25) is 5.79 Å². The van der Waals surface area contributed by atoms with Crippen LogP contribution in [0.25, 0.3) is 5.69 Å². The number of halogens is 1. The Hall–Kier alpha value is -4.30. The molecule has 0 N–H and O–H groups in total. The molecule has 12 nitrogen and oxygen atoms in total. The Morgan fingerprint density at radius 2 is 1.58 bits per heavy atom. The second-order valence-electron chi connectivity index (χ2n) is 12.6. The maximum Gasteiger partial charge on any atom is 0.350 e. The third-order valence-electron chi connectivity index (χ3n) is 9.32. The Labute approximate surface area is 300 Å². The van der Waals surface area contributed by atoms with Gasteiger partial charge in [-0.2, -0.15) is 5.10 Å². The molecule has 0 amide bonds. The van der Waals surface area contributed by atoms with Gasteiger partial charge in [-0.15, -0.1) is 10.2 Å². The van der Waals surface area contributed by atoms with Gasteiger partial charge < -0.3 is 28.6 Å². The molecule has 262 valence electrons. The lowest BCUT2D eigenvalue weighted by Gasteiger charge is -2.37. The number of piperazine rings is 1. The molecule has 14 heteroatoms. The molecular formula is C36H41ClN8O4S. The van der Waals surface area contributed by atoms with Crippen LogP contribution in [0.4, 0.5) is 11.4 Å². The summed E-state index contributed by atoms with van der Waals surface area (Å²) in [5.41, 5.74) is 3.90. The summed E-state index contributed by atoms with van der Waals surface area (Å²) in [6.07, 6.45) is 3.88. The van der Waals surface area contributed by atoms with Gasteiger partial charge in [-0.25, -0.2) is 14.0 Å². The molecule has 3 atom stereocenters. The Morgan fingerprint density at radius 1 is 0.940 bits per heavy atom. The van der Waals surface area contributed by atoms with Gasteiger partial charge >= 0.3 is 5.69 Å². The summed E-state index contributed by atoms with van der Waals surface area (Å²) >= 11 is 7.70. The molecule has 3 aromatic carbocycles. The highest BCUT2D eigenvalue weighted by Crippen LogP contribution is 2.39. The molecule has 50 heavy (non-hydrogen) atoms. The number of ether oxygens (including phenoxy) is 3. The van der Waals surface area contributed by atoms with Crippen LogP contribution in [0.5, 0.6) is 5.75 Å². The number of thioether (sulfide) groups is 1. The van der Waals surface area contributed by atoms with Crippen LogP contribution >= 0.6 is 23.4 Å². The fourth-order valence-corrected chi connectivity index (χ4v) is 7.30. The number of benzene rings is 3. The van der Waals surface area contributed by atoms with Gasteiger partial charge in [0.1, 0.15) is 31.1 Å². The van der Waals surface area contributed by atoms with Crippen molar-refractivity contribution < 1.29 is 14.2 Å². The molecule has 2 saturated heterocycles. The second-order valence-corrected chi connectivity index (χ2v) is 14.0. The van der Waals surface area contributed by atoms with Crippen LogP contribution in [0, 0.1) is 0 Å². The molecule has 2 aromatic heterocycles. The van der Waals surface area contributed by atoms with E-state index in [1.807, 2.05) is 67.1 Å². The van der Waals surface area contributed by atoms with E-state index in [0.717, 1.165) is 66.1 Å². The van der Waals surface area contributed by atoms with Gasteiger partial charge in [0.15, 0.2) is 5.16 Å². The van der Waals surface area contributed by atoms with Crippen molar-refractivity contribution in [2.45, 2.75) is 43.4 Å². The zero-order valence-electron chi connectivity index (χ0n) is 28.4. The maximum atomic E-state index is 12.8. The molecule has 0 radical (unpaired) electrons. The Balaban J connectivity index is 0.914. The zero-order chi connectivity index (χ0) is 34.7. The molecule has 0 bridgehead atoms. The molecule has 7 rings (SSSR count). The molecule has 0 spiro atoms. The standard InChI is InChI=1S/C36H41ClN8O4S/c1-4-26(2)45-35(46)44(25-39-45)31-11-9-29(10-12-31)42-17-19-43(20-18-42)30-13-15-32(16-14-30)47-21-33-22-48-36(49-33,27-5-7-28(37)8-6-27)23-50-34-40-38-24-41(34)3/h5-16,24-26,33H,4,17-23H2,1-3H3/t26?,33-,36-/m0/s1. The predicted octanol–water partition coefficient (Wildman–Crippen LogP) is 5.55. The van der Waals surface area contributed by atoms with Crippen molar-refractivity contribution in [2.75, 3.05) is 54.9 Å². The van der Waals surface area contributed by atoms with Crippen molar-refractivity contribution in [3.05, 3.63) is 107 Å². The molecule has 0 saturated carbocycles. The predicted molar refractivity (Wildman–Crippen MR) is 195 cm³/mol. The van der Waals surface area contributed by atoms with E-state index in [0.29, 0.717) is 24.0 Å². The lowest BCUT2D eigenvalue weighted by molar-refractivity contribution is -0.160. The molecule has 2 aliphatic rings. The number of hydrogen-bond acceptors (Lipinski definition) is 10. The van der Waals surface area contributed by atoms with Crippen LogP contribution in [-0.2, 0) is 22.3 Å². The van der Waals surface area contributed by atoms with Crippen LogP contribution in [0.3, 0.4) is 0 Å². The molecular weight excluding hydrogens is 676 g/mol. The minimum Gasteiger partial charge on any atom is -0.491 e. The van der Waals surface area contributed by atoms with Crippen molar-refractivity contribution in [3.63, 3.8) is 0 Å². The number of anilines is 2. The molecule has 1 unspecified atom stereocenters. The average molecular weight is 717 g/mol. The van der Waals surface area contributed by atoms with Crippen molar-refractivity contribution in [2.24, 2.45) is 7.05 Å². The van der Waals surface area contributed by atoms with Gasteiger partial charge in [0.05, 0.1) is 24.1 Å². The monoisotopic (exact) mass is 716 g/mol. The summed E-state index contributed by atoms with van der Waals surface area (Å²) in [5, 5.41) is 13.9. The SMILES string of the molecule is CCC(C)n1ncn(-c2ccc(N3CCN(c4ccc(OC[C@H]5CO[C@](CSc6nncn6C)(c6ccc(Cl)cc6)O5)cc4)CC3)cc2)c1=O. The summed E-state index contributed by atoms with van der Waals surface area (Å²) in [6.45, 7) is 8.40. The zero-order valence-corrected chi connectivity index (χ0v) is 30.0. The smallest absolute Gasteiger partial charge is 0.350 e. The van der Waals surface area contributed by atoms with Crippen LogP contribution in [0.15, 0.2) is 95.4 Å². The van der Waals surface area contributed by atoms with E-state index >= 15 is 0 Å². The highest BCUT2D eigenvalue weighted by molar-refractivity contribution is 7.99. The topological polar surface area (TPSA) is 105 Å². The number of aryl methyl sites for hydroxylation is 1. The molecule has 5 aromatic rings. The van der Waals surface area contributed by atoms with Crippen LogP contribution in [0.1, 0.15) is 31.9 Å². The summed E-state index contributed by atoms with van der Waals surface area (Å²) < 4.78 is 24.1. The third-order valence-corrected chi connectivity index (χ3v) is 10.7. The lowest BCUT2D eigenvalue weighted by Crippen LogP contribution is -2.46. The van der Waals surface area contributed by atoms with Gasteiger partial charge in [-0.1, -0.05) is 42.4 Å². The van der Waals surface area contributed by atoms with E-state index in [2.05, 4.69) is 56.3 Å². The normalized spacial score (nSPS) is 20.0. The van der Waals surface area contributed by atoms with Gasteiger partial charge in [-0.05, 0) is 74.0 Å². The lowest BCUT2D eigenvalue weighted by atomic mass is 10.1. The fraction of sp³-hybridized carbons (Fsp3) is 0.389. The first kappa shape index (κ1) is 34.2. The highest BCUT2D eigenvalue weighted by Gasteiger charge is 2.44. The summed E-state index contributed by atoms with van der Waals surface area (Å²) in [6, 6.07) is 24.0. The molecule has 4 heterocycles. The van der Waals surface area contributed by atoms with Crippen LogP contribution in [0.2, 0.25) is 5.02 Å². The first-order chi connectivity index (χ1) is 24.3. The van der Waals surface area contributed by atoms with Crippen molar-refractivity contribution in [3.8, 4) is 11.4 Å².